The Morgan fingerprint density at radius 3 is 2.94 bits per heavy atom. The molecule has 0 heterocycles. The quantitative estimate of drug-likeness (QED) is 0.583. The molecular formula is C12H9FO2S. The van der Waals surface area contributed by atoms with E-state index in [1.165, 1.54) is 19.1 Å². The van der Waals surface area contributed by atoms with Gasteiger partial charge in [0, 0.05) is 18.1 Å². The summed E-state index contributed by atoms with van der Waals surface area (Å²) in [5.74, 6) is 5.36. The summed E-state index contributed by atoms with van der Waals surface area (Å²) in [6.07, 6.45) is 0.561. The number of aldehydes is 1. The molecule has 0 aliphatic heterocycles. The molecule has 0 fully saturated rings. The minimum atomic E-state index is -0.467. The molecule has 0 aromatic heterocycles. The van der Waals surface area contributed by atoms with Gasteiger partial charge in [0.1, 0.15) is 5.82 Å². The van der Waals surface area contributed by atoms with Gasteiger partial charge in [-0.3, -0.25) is 9.59 Å². The predicted octanol–water partition coefficient (Wildman–Crippen LogP) is 2.27. The van der Waals surface area contributed by atoms with Crippen LogP contribution in [0.5, 0.6) is 0 Å². The number of rotatable bonds is 2. The highest BCUT2D eigenvalue weighted by molar-refractivity contribution is 8.13. The zero-order valence-corrected chi connectivity index (χ0v) is 9.44. The monoisotopic (exact) mass is 236 g/mol. The van der Waals surface area contributed by atoms with Crippen molar-refractivity contribution in [2.75, 3.05) is 5.75 Å². The summed E-state index contributed by atoms with van der Waals surface area (Å²) in [7, 11) is 0. The molecule has 16 heavy (non-hydrogen) atoms. The van der Waals surface area contributed by atoms with Crippen LogP contribution in [0.15, 0.2) is 18.2 Å². The molecule has 1 aromatic rings. The van der Waals surface area contributed by atoms with Gasteiger partial charge in [-0.05, 0) is 18.2 Å². The van der Waals surface area contributed by atoms with E-state index in [0.29, 0.717) is 17.6 Å². The summed E-state index contributed by atoms with van der Waals surface area (Å²) in [4.78, 5) is 21.2. The Morgan fingerprint density at radius 1 is 1.56 bits per heavy atom. The van der Waals surface area contributed by atoms with E-state index in [4.69, 9.17) is 0 Å². The van der Waals surface area contributed by atoms with Gasteiger partial charge in [0.2, 0.25) is 0 Å². The molecule has 0 spiro atoms. The van der Waals surface area contributed by atoms with Crippen molar-refractivity contribution in [2.24, 2.45) is 0 Å². The molecule has 2 nitrogen and oxygen atoms in total. The van der Waals surface area contributed by atoms with Gasteiger partial charge in [-0.25, -0.2) is 4.39 Å². The van der Waals surface area contributed by atoms with E-state index in [1.807, 2.05) is 0 Å². The second-order valence-electron chi connectivity index (χ2n) is 2.93. The summed E-state index contributed by atoms with van der Waals surface area (Å²) < 4.78 is 12.8. The first kappa shape index (κ1) is 12.5. The molecule has 0 aliphatic rings. The Bertz CT molecular complexity index is 472. The van der Waals surface area contributed by atoms with Gasteiger partial charge in [-0.2, -0.15) is 0 Å². The lowest BCUT2D eigenvalue weighted by Crippen LogP contribution is -1.89. The molecule has 0 N–H and O–H groups in total. The molecule has 0 saturated heterocycles. The van der Waals surface area contributed by atoms with Crippen molar-refractivity contribution in [3.63, 3.8) is 0 Å². The Kier molecular flexibility index (Phi) is 4.74. The van der Waals surface area contributed by atoms with Crippen LogP contribution in [-0.2, 0) is 4.79 Å². The van der Waals surface area contributed by atoms with Crippen LogP contribution >= 0.6 is 11.8 Å². The lowest BCUT2D eigenvalue weighted by molar-refractivity contribution is -0.109. The molecule has 0 aliphatic carbocycles. The first-order valence-electron chi connectivity index (χ1n) is 4.50. The topological polar surface area (TPSA) is 34.1 Å². The van der Waals surface area contributed by atoms with Gasteiger partial charge < -0.3 is 0 Å². The molecule has 0 bridgehead atoms. The average molecular weight is 236 g/mol. The third-order valence-corrected chi connectivity index (χ3v) is 2.41. The van der Waals surface area contributed by atoms with Crippen LogP contribution in [0.1, 0.15) is 22.8 Å². The van der Waals surface area contributed by atoms with Crippen molar-refractivity contribution >= 4 is 23.2 Å². The average Bonchev–Trinajstić information content (AvgIpc) is 2.25. The van der Waals surface area contributed by atoms with E-state index < -0.39 is 5.82 Å². The number of thioether (sulfide) groups is 1. The fraction of sp³-hybridized carbons (Fsp3) is 0.167. The molecule has 1 aromatic carbocycles. The Labute approximate surface area is 97.2 Å². The van der Waals surface area contributed by atoms with Gasteiger partial charge in [-0.15, -0.1) is 0 Å². The van der Waals surface area contributed by atoms with Crippen LogP contribution < -0.4 is 0 Å². The Balaban J connectivity index is 2.80. The lowest BCUT2D eigenvalue weighted by atomic mass is 10.1. The minimum Gasteiger partial charge on any atom is -0.298 e. The first-order valence-corrected chi connectivity index (χ1v) is 5.49. The zero-order valence-electron chi connectivity index (χ0n) is 8.62. The number of hydrogen-bond acceptors (Lipinski definition) is 3. The van der Waals surface area contributed by atoms with E-state index in [-0.39, 0.29) is 10.7 Å². The summed E-state index contributed by atoms with van der Waals surface area (Å²) in [6.45, 7) is 1.46. The van der Waals surface area contributed by atoms with Gasteiger partial charge >= 0.3 is 0 Å². The smallest absolute Gasteiger partial charge is 0.186 e. The zero-order chi connectivity index (χ0) is 12.0. The highest BCUT2D eigenvalue weighted by Crippen LogP contribution is 2.08. The van der Waals surface area contributed by atoms with Crippen molar-refractivity contribution in [3.05, 3.63) is 35.1 Å². The van der Waals surface area contributed by atoms with E-state index in [1.54, 1.807) is 0 Å². The van der Waals surface area contributed by atoms with Crippen LogP contribution in [0.4, 0.5) is 4.39 Å². The molecule has 4 heteroatoms. The summed E-state index contributed by atoms with van der Waals surface area (Å²) in [5.41, 5.74) is 0.695. The Morgan fingerprint density at radius 2 is 2.31 bits per heavy atom. The predicted molar refractivity (Wildman–Crippen MR) is 61.8 cm³/mol. The lowest BCUT2D eigenvalue weighted by Gasteiger charge is -1.95. The molecule has 0 atom stereocenters. The fourth-order valence-electron chi connectivity index (χ4n) is 1.01. The van der Waals surface area contributed by atoms with Crippen LogP contribution in [0, 0.1) is 17.7 Å². The second kappa shape index (κ2) is 6.09. The molecule has 82 valence electrons. The van der Waals surface area contributed by atoms with E-state index >= 15 is 0 Å². The maximum atomic E-state index is 12.8. The highest BCUT2D eigenvalue weighted by atomic mass is 32.2. The van der Waals surface area contributed by atoms with Crippen LogP contribution in [0.2, 0.25) is 0 Å². The molecule has 1 rings (SSSR count). The van der Waals surface area contributed by atoms with E-state index in [9.17, 15) is 14.0 Å². The van der Waals surface area contributed by atoms with Crippen molar-refractivity contribution in [3.8, 4) is 11.8 Å². The molecule has 0 amide bonds. The number of carbonyl (C=O) groups excluding carboxylic acids is 2. The van der Waals surface area contributed by atoms with Gasteiger partial charge in [-0.1, -0.05) is 23.6 Å². The standard InChI is InChI=1S/C12H9FO2S/c1-9(15)16-6-2-3-10-4-5-12(13)7-11(10)8-14/h4-5,7-8H,6H2,1H3. The normalized spacial score (nSPS) is 9.12. The number of benzene rings is 1. The molecule has 0 saturated carbocycles. The van der Waals surface area contributed by atoms with Crippen molar-refractivity contribution in [1.82, 2.24) is 0 Å². The minimum absolute atomic E-state index is 0.0102. The summed E-state index contributed by atoms with van der Waals surface area (Å²) in [5, 5.41) is -0.0102. The summed E-state index contributed by atoms with van der Waals surface area (Å²) >= 11 is 1.09. The van der Waals surface area contributed by atoms with Crippen molar-refractivity contribution in [1.29, 1.82) is 0 Å². The first-order chi connectivity index (χ1) is 7.63. The largest absolute Gasteiger partial charge is 0.298 e. The van der Waals surface area contributed by atoms with Crippen LogP contribution in [0.25, 0.3) is 0 Å². The van der Waals surface area contributed by atoms with Gasteiger partial charge in [0.25, 0.3) is 0 Å². The van der Waals surface area contributed by atoms with Crippen molar-refractivity contribution in [2.45, 2.75) is 6.92 Å². The molecule has 0 radical (unpaired) electrons. The Hall–Kier alpha value is -1.60. The number of carbonyl (C=O) groups is 2. The molecular weight excluding hydrogens is 227 g/mol. The fourth-order valence-corrected chi connectivity index (χ4v) is 1.36. The van der Waals surface area contributed by atoms with Crippen LogP contribution in [0.3, 0.4) is 0 Å². The molecule has 0 unspecified atom stereocenters. The SMILES string of the molecule is CC(=O)SCC#Cc1ccc(F)cc1C=O. The maximum Gasteiger partial charge on any atom is 0.186 e. The number of hydrogen-bond donors (Lipinski definition) is 0. The second-order valence-corrected chi connectivity index (χ2v) is 4.08. The maximum absolute atomic E-state index is 12.8. The van der Waals surface area contributed by atoms with Crippen LogP contribution in [-0.4, -0.2) is 17.2 Å². The van der Waals surface area contributed by atoms with Gasteiger partial charge in [0.15, 0.2) is 11.4 Å². The van der Waals surface area contributed by atoms with E-state index in [2.05, 4.69) is 11.8 Å². The van der Waals surface area contributed by atoms with E-state index in [0.717, 1.165) is 17.8 Å². The third kappa shape index (κ3) is 3.87. The van der Waals surface area contributed by atoms with Crippen molar-refractivity contribution < 1.29 is 14.0 Å². The third-order valence-electron chi connectivity index (χ3n) is 1.71. The highest BCUT2D eigenvalue weighted by Gasteiger charge is 2.00. The summed E-state index contributed by atoms with van der Waals surface area (Å²) in [6, 6.07) is 3.83. The number of halogens is 1. The van der Waals surface area contributed by atoms with Gasteiger partial charge in [0.05, 0.1) is 5.75 Å².